The summed E-state index contributed by atoms with van der Waals surface area (Å²) in [5.74, 6) is 0.522. The Morgan fingerprint density at radius 2 is 2.03 bits per heavy atom. The summed E-state index contributed by atoms with van der Waals surface area (Å²) in [5.41, 5.74) is 1.74. The van der Waals surface area contributed by atoms with Gasteiger partial charge in [-0.05, 0) is 29.8 Å². The van der Waals surface area contributed by atoms with Gasteiger partial charge >= 0.3 is 0 Å². The predicted molar refractivity (Wildman–Crippen MR) is 115 cm³/mol. The topological polar surface area (TPSA) is 76.5 Å². The fourth-order valence-corrected chi connectivity index (χ4v) is 3.59. The number of methoxy groups -OCH3 is 1. The zero-order valence-electron chi connectivity index (χ0n) is 16.4. The van der Waals surface area contributed by atoms with Gasteiger partial charge in [-0.1, -0.05) is 29.8 Å². The standard InChI is InChI=1S/C22H21ClN4O3/c1-30-19-4-2-3-18(12-19)26-14-16(11-21(26)28)22(29)25-20-9-10-24-27(20)13-15-5-7-17(23)8-6-15/h2-10,12,16H,11,13-14H2,1H3,(H,25,29). The molecule has 1 unspecified atom stereocenters. The fourth-order valence-electron chi connectivity index (χ4n) is 3.47. The zero-order valence-corrected chi connectivity index (χ0v) is 17.2. The molecule has 1 aromatic heterocycles. The van der Waals surface area contributed by atoms with Crippen molar-refractivity contribution >= 4 is 34.9 Å². The quantitative estimate of drug-likeness (QED) is 0.656. The molecule has 30 heavy (non-hydrogen) atoms. The molecular weight excluding hydrogens is 404 g/mol. The lowest BCUT2D eigenvalue weighted by molar-refractivity contribution is -0.122. The third-order valence-electron chi connectivity index (χ3n) is 5.07. The number of carbonyl (C=O) groups excluding carboxylic acids is 2. The molecule has 2 aromatic carbocycles. The number of rotatable bonds is 6. The maximum Gasteiger partial charge on any atom is 0.230 e. The maximum atomic E-state index is 12.8. The van der Waals surface area contributed by atoms with Gasteiger partial charge in [-0.25, -0.2) is 4.68 Å². The molecule has 0 saturated carbocycles. The molecule has 1 N–H and O–H groups in total. The van der Waals surface area contributed by atoms with Crippen LogP contribution in [0.1, 0.15) is 12.0 Å². The number of amides is 2. The van der Waals surface area contributed by atoms with E-state index in [2.05, 4.69) is 10.4 Å². The van der Waals surface area contributed by atoms with Gasteiger partial charge in [0.05, 0.1) is 25.8 Å². The Hall–Kier alpha value is -3.32. The van der Waals surface area contributed by atoms with Crippen molar-refractivity contribution in [3.8, 4) is 5.75 Å². The van der Waals surface area contributed by atoms with E-state index >= 15 is 0 Å². The van der Waals surface area contributed by atoms with Crippen LogP contribution in [0.15, 0.2) is 60.8 Å². The van der Waals surface area contributed by atoms with Crippen molar-refractivity contribution in [2.75, 3.05) is 23.9 Å². The van der Waals surface area contributed by atoms with E-state index in [1.165, 1.54) is 0 Å². The number of nitrogens with zero attached hydrogens (tertiary/aromatic N) is 3. The molecule has 1 aliphatic heterocycles. The first-order valence-corrected chi connectivity index (χ1v) is 9.93. The lowest BCUT2D eigenvalue weighted by atomic mass is 10.1. The summed E-state index contributed by atoms with van der Waals surface area (Å²) in [4.78, 5) is 27.0. The lowest BCUT2D eigenvalue weighted by Crippen LogP contribution is -2.28. The van der Waals surface area contributed by atoms with Gasteiger partial charge in [0.2, 0.25) is 11.8 Å². The molecule has 0 aliphatic carbocycles. The average molecular weight is 425 g/mol. The summed E-state index contributed by atoms with van der Waals surface area (Å²) < 4.78 is 6.93. The van der Waals surface area contributed by atoms with Crippen molar-refractivity contribution in [1.82, 2.24) is 9.78 Å². The third kappa shape index (κ3) is 4.31. The Morgan fingerprint density at radius 1 is 1.23 bits per heavy atom. The van der Waals surface area contributed by atoms with Gasteiger partial charge in [-0.2, -0.15) is 5.10 Å². The molecule has 7 nitrogen and oxygen atoms in total. The van der Waals surface area contributed by atoms with Crippen LogP contribution < -0.4 is 15.0 Å². The molecule has 0 bridgehead atoms. The van der Waals surface area contributed by atoms with Crippen LogP contribution in [0.5, 0.6) is 5.75 Å². The number of ether oxygens (including phenoxy) is 1. The first-order valence-electron chi connectivity index (χ1n) is 9.55. The van der Waals surface area contributed by atoms with Crippen molar-refractivity contribution in [2.24, 2.45) is 5.92 Å². The number of aromatic nitrogens is 2. The van der Waals surface area contributed by atoms with E-state index in [1.54, 1.807) is 35.0 Å². The molecule has 1 saturated heterocycles. The Kier molecular flexibility index (Phi) is 5.72. The Morgan fingerprint density at radius 3 is 2.80 bits per heavy atom. The summed E-state index contributed by atoms with van der Waals surface area (Å²) in [6, 6.07) is 16.5. The maximum absolute atomic E-state index is 12.8. The first-order chi connectivity index (χ1) is 14.5. The third-order valence-corrected chi connectivity index (χ3v) is 5.33. The molecule has 1 aliphatic rings. The SMILES string of the molecule is COc1cccc(N2CC(C(=O)Nc3ccnn3Cc3ccc(Cl)cc3)CC2=O)c1. The lowest BCUT2D eigenvalue weighted by Gasteiger charge is -2.17. The molecule has 0 radical (unpaired) electrons. The number of hydrogen-bond donors (Lipinski definition) is 1. The van der Waals surface area contributed by atoms with E-state index in [0.29, 0.717) is 29.7 Å². The van der Waals surface area contributed by atoms with Crippen LogP contribution in [0.3, 0.4) is 0 Å². The summed E-state index contributed by atoms with van der Waals surface area (Å²) >= 11 is 5.93. The molecule has 2 amide bonds. The highest BCUT2D eigenvalue weighted by atomic mass is 35.5. The van der Waals surface area contributed by atoms with Gasteiger partial charge in [0.1, 0.15) is 11.6 Å². The van der Waals surface area contributed by atoms with Crippen LogP contribution in [-0.4, -0.2) is 35.2 Å². The molecule has 2 heterocycles. The predicted octanol–water partition coefficient (Wildman–Crippen LogP) is 3.59. The molecule has 154 valence electrons. The summed E-state index contributed by atoms with van der Waals surface area (Å²) in [7, 11) is 1.58. The van der Waals surface area contributed by atoms with Crippen molar-refractivity contribution in [3.63, 3.8) is 0 Å². The number of carbonyl (C=O) groups is 2. The Bertz CT molecular complexity index is 1060. The molecular formula is C22H21ClN4O3. The zero-order chi connectivity index (χ0) is 21.1. The second-order valence-electron chi connectivity index (χ2n) is 7.10. The highest BCUT2D eigenvalue weighted by Gasteiger charge is 2.35. The largest absolute Gasteiger partial charge is 0.497 e. The minimum Gasteiger partial charge on any atom is -0.497 e. The van der Waals surface area contributed by atoms with Crippen molar-refractivity contribution in [3.05, 3.63) is 71.4 Å². The van der Waals surface area contributed by atoms with Gasteiger partial charge < -0.3 is 15.0 Å². The molecule has 8 heteroatoms. The summed E-state index contributed by atoms with van der Waals surface area (Å²) in [5, 5.41) is 7.86. The second-order valence-corrected chi connectivity index (χ2v) is 7.53. The van der Waals surface area contributed by atoms with Crippen molar-refractivity contribution in [1.29, 1.82) is 0 Å². The van der Waals surface area contributed by atoms with Gasteiger partial charge in [0, 0.05) is 35.8 Å². The molecule has 1 fully saturated rings. The monoisotopic (exact) mass is 424 g/mol. The van der Waals surface area contributed by atoms with E-state index in [-0.39, 0.29) is 18.2 Å². The average Bonchev–Trinajstić information content (AvgIpc) is 3.36. The van der Waals surface area contributed by atoms with Crippen LogP contribution in [-0.2, 0) is 16.1 Å². The van der Waals surface area contributed by atoms with Crippen molar-refractivity contribution < 1.29 is 14.3 Å². The van der Waals surface area contributed by atoms with E-state index < -0.39 is 5.92 Å². The minimum atomic E-state index is -0.442. The van der Waals surface area contributed by atoms with E-state index in [9.17, 15) is 9.59 Å². The molecule has 1 atom stereocenters. The van der Waals surface area contributed by atoms with Crippen LogP contribution >= 0.6 is 11.6 Å². The van der Waals surface area contributed by atoms with Crippen LogP contribution in [0.4, 0.5) is 11.5 Å². The fraction of sp³-hybridized carbons (Fsp3) is 0.227. The van der Waals surface area contributed by atoms with Crippen LogP contribution in [0.2, 0.25) is 5.02 Å². The normalized spacial score (nSPS) is 16.0. The highest BCUT2D eigenvalue weighted by molar-refractivity contribution is 6.30. The second kappa shape index (κ2) is 8.59. The molecule has 3 aromatic rings. The number of halogens is 1. The summed E-state index contributed by atoms with van der Waals surface area (Å²) in [6.07, 6.45) is 1.79. The Labute approximate surface area is 179 Å². The summed E-state index contributed by atoms with van der Waals surface area (Å²) in [6.45, 7) is 0.822. The van der Waals surface area contributed by atoms with Crippen LogP contribution in [0.25, 0.3) is 0 Å². The van der Waals surface area contributed by atoms with Crippen molar-refractivity contribution in [2.45, 2.75) is 13.0 Å². The first kappa shape index (κ1) is 20.0. The van der Waals surface area contributed by atoms with E-state index in [1.807, 2.05) is 42.5 Å². The van der Waals surface area contributed by atoms with Crippen LogP contribution in [0, 0.1) is 5.92 Å². The molecule has 4 rings (SSSR count). The number of nitrogens with one attached hydrogen (secondary N) is 1. The minimum absolute atomic E-state index is 0.0851. The smallest absolute Gasteiger partial charge is 0.230 e. The number of benzene rings is 2. The number of anilines is 2. The molecule has 0 spiro atoms. The van der Waals surface area contributed by atoms with Gasteiger partial charge in [0.15, 0.2) is 0 Å². The van der Waals surface area contributed by atoms with Gasteiger partial charge in [-0.3, -0.25) is 9.59 Å². The Balaban J connectivity index is 1.43. The van der Waals surface area contributed by atoms with E-state index in [0.717, 1.165) is 11.3 Å². The highest BCUT2D eigenvalue weighted by Crippen LogP contribution is 2.28. The van der Waals surface area contributed by atoms with Gasteiger partial charge in [0.25, 0.3) is 0 Å². The van der Waals surface area contributed by atoms with Gasteiger partial charge in [-0.15, -0.1) is 0 Å². The van der Waals surface area contributed by atoms with E-state index in [4.69, 9.17) is 16.3 Å². The number of hydrogen-bond acceptors (Lipinski definition) is 4.